The van der Waals surface area contributed by atoms with Crippen molar-refractivity contribution in [1.29, 1.82) is 0 Å². The Balaban J connectivity index is 1.93. The Morgan fingerprint density at radius 1 is 1.40 bits per heavy atom. The maximum Gasteiger partial charge on any atom is 0.0727 e. The van der Waals surface area contributed by atoms with E-state index in [4.69, 9.17) is 9.47 Å². The van der Waals surface area contributed by atoms with Gasteiger partial charge in [-0.05, 0) is 6.42 Å². The number of aromatic nitrogens is 2. The number of methoxy groups -OCH3 is 1. The van der Waals surface area contributed by atoms with Crippen molar-refractivity contribution >= 4 is 5.69 Å². The molecule has 0 aliphatic carbocycles. The Labute approximate surface area is 90.4 Å². The average molecular weight is 213 g/mol. The SMILES string of the molecule is COCCCOCCNc1cnn(C)c1. The minimum atomic E-state index is 0.707. The van der Waals surface area contributed by atoms with Crippen molar-refractivity contribution in [3.05, 3.63) is 12.4 Å². The topological polar surface area (TPSA) is 48.3 Å². The minimum Gasteiger partial charge on any atom is -0.385 e. The van der Waals surface area contributed by atoms with Gasteiger partial charge in [0.2, 0.25) is 0 Å². The van der Waals surface area contributed by atoms with Gasteiger partial charge in [-0.1, -0.05) is 0 Å². The first-order chi connectivity index (χ1) is 7.33. The fraction of sp³-hybridized carbons (Fsp3) is 0.700. The van der Waals surface area contributed by atoms with Crippen LogP contribution in [0, 0.1) is 0 Å². The van der Waals surface area contributed by atoms with Crippen LogP contribution in [-0.4, -0.2) is 43.3 Å². The van der Waals surface area contributed by atoms with Crippen LogP contribution >= 0.6 is 0 Å². The first-order valence-corrected chi connectivity index (χ1v) is 5.12. The van der Waals surface area contributed by atoms with E-state index in [1.165, 1.54) is 0 Å². The Morgan fingerprint density at radius 2 is 2.27 bits per heavy atom. The number of ether oxygens (including phenoxy) is 2. The van der Waals surface area contributed by atoms with Gasteiger partial charge in [0.25, 0.3) is 0 Å². The highest BCUT2D eigenvalue weighted by Gasteiger charge is 1.94. The van der Waals surface area contributed by atoms with Crippen LogP contribution in [0.3, 0.4) is 0 Å². The number of aryl methyl sites for hydroxylation is 1. The van der Waals surface area contributed by atoms with Crippen molar-refractivity contribution in [2.75, 3.05) is 38.8 Å². The smallest absolute Gasteiger partial charge is 0.0727 e. The zero-order valence-electron chi connectivity index (χ0n) is 9.40. The van der Waals surface area contributed by atoms with Crippen LogP contribution in [0.25, 0.3) is 0 Å². The highest BCUT2D eigenvalue weighted by atomic mass is 16.5. The number of hydrogen-bond acceptors (Lipinski definition) is 4. The molecular weight excluding hydrogens is 194 g/mol. The molecule has 1 aromatic heterocycles. The van der Waals surface area contributed by atoms with Crippen LogP contribution in [0.15, 0.2) is 12.4 Å². The van der Waals surface area contributed by atoms with Gasteiger partial charge in [-0.25, -0.2) is 0 Å². The molecule has 0 saturated carbocycles. The van der Waals surface area contributed by atoms with E-state index in [1.54, 1.807) is 18.0 Å². The Kier molecular flexibility index (Phi) is 5.80. The normalized spacial score (nSPS) is 10.5. The molecule has 1 heterocycles. The molecule has 5 nitrogen and oxygen atoms in total. The van der Waals surface area contributed by atoms with Gasteiger partial charge in [-0.3, -0.25) is 4.68 Å². The standard InChI is InChI=1S/C10H19N3O2/c1-13-9-10(8-12-13)11-4-7-15-6-3-5-14-2/h8-9,11H,3-7H2,1-2H3. The van der Waals surface area contributed by atoms with E-state index in [9.17, 15) is 0 Å². The van der Waals surface area contributed by atoms with Gasteiger partial charge in [-0.15, -0.1) is 0 Å². The molecule has 15 heavy (non-hydrogen) atoms. The van der Waals surface area contributed by atoms with Crippen molar-refractivity contribution in [3.63, 3.8) is 0 Å². The van der Waals surface area contributed by atoms with Crippen LogP contribution in [0.4, 0.5) is 5.69 Å². The van der Waals surface area contributed by atoms with E-state index in [-0.39, 0.29) is 0 Å². The lowest BCUT2D eigenvalue weighted by atomic mass is 10.5. The fourth-order valence-electron chi connectivity index (χ4n) is 1.19. The lowest BCUT2D eigenvalue weighted by Gasteiger charge is -2.04. The van der Waals surface area contributed by atoms with E-state index >= 15 is 0 Å². The number of rotatable bonds is 8. The summed E-state index contributed by atoms with van der Waals surface area (Å²) in [6.45, 7) is 3.02. The van der Waals surface area contributed by atoms with Gasteiger partial charge in [0, 0.05) is 40.1 Å². The number of anilines is 1. The van der Waals surface area contributed by atoms with Crippen LogP contribution < -0.4 is 5.32 Å². The Hall–Kier alpha value is -1.07. The predicted molar refractivity (Wildman–Crippen MR) is 59.0 cm³/mol. The molecule has 0 aliphatic heterocycles. The fourth-order valence-corrected chi connectivity index (χ4v) is 1.19. The average Bonchev–Trinajstić information content (AvgIpc) is 2.63. The summed E-state index contributed by atoms with van der Waals surface area (Å²) >= 11 is 0. The van der Waals surface area contributed by atoms with Gasteiger partial charge in [0.05, 0.1) is 18.5 Å². The maximum absolute atomic E-state index is 5.39. The molecule has 0 unspecified atom stereocenters. The third-order valence-electron chi connectivity index (χ3n) is 1.92. The van der Waals surface area contributed by atoms with Crippen LogP contribution in [0.5, 0.6) is 0 Å². The Morgan fingerprint density at radius 3 is 2.93 bits per heavy atom. The zero-order chi connectivity index (χ0) is 10.9. The summed E-state index contributed by atoms with van der Waals surface area (Å²) in [6.07, 6.45) is 4.68. The van der Waals surface area contributed by atoms with Crippen molar-refractivity contribution in [2.24, 2.45) is 7.05 Å². The second-order valence-corrected chi connectivity index (χ2v) is 3.29. The van der Waals surface area contributed by atoms with E-state index < -0.39 is 0 Å². The molecule has 0 amide bonds. The lowest BCUT2D eigenvalue weighted by Crippen LogP contribution is -2.10. The van der Waals surface area contributed by atoms with E-state index in [0.29, 0.717) is 6.61 Å². The molecule has 0 fully saturated rings. The molecule has 0 saturated heterocycles. The highest BCUT2D eigenvalue weighted by Crippen LogP contribution is 2.01. The van der Waals surface area contributed by atoms with Crippen molar-refractivity contribution in [1.82, 2.24) is 9.78 Å². The van der Waals surface area contributed by atoms with Gasteiger partial charge in [-0.2, -0.15) is 5.10 Å². The van der Waals surface area contributed by atoms with Crippen molar-refractivity contribution in [3.8, 4) is 0 Å². The van der Waals surface area contributed by atoms with Crippen LogP contribution in [-0.2, 0) is 16.5 Å². The first-order valence-electron chi connectivity index (χ1n) is 5.12. The van der Waals surface area contributed by atoms with Gasteiger partial charge in [0.1, 0.15) is 0 Å². The summed E-state index contributed by atoms with van der Waals surface area (Å²) in [6, 6.07) is 0. The highest BCUT2D eigenvalue weighted by molar-refractivity contribution is 5.37. The van der Waals surface area contributed by atoms with Crippen molar-refractivity contribution < 1.29 is 9.47 Å². The third kappa shape index (κ3) is 5.39. The van der Waals surface area contributed by atoms with Gasteiger partial charge >= 0.3 is 0 Å². The summed E-state index contributed by atoms with van der Waals surface area (Å²) < 4.78 is 12.1. The minimum absolute atomic E-state index is 0.707. The van der Waals surface area contributed by atoms with E-state index in [0.717, 1.165) is 31.9 Å². The molecular formula is C10H19N3O2. The predicted octanol–water partition coefficient (Wildman–Crippen LogP) is 0.885. The maximum atomic E-state index is 5.39. The Bertz CT molecular complexity index is 263. The van der Waals surface area contributed by atoms with Gasteiger partial charge in [0.15, 0.2) is 0 Å². The molecule has 86 valence electrons. The van der Waals surface area contributed by atoms with Crippen LogP contribution in [0.2, 0.25) is 0 Å². The quantitative estimate of drug-likeness (QED) is 0.651. The third-order valence-corrected chi connectivity index (χ3v) is 1.92. The second kappa shape index (κ2) is 7.25. The summed E-state index contributed by atoms with van der Waals surface area (Å²) in [5.41, 5.74) is 1.03. The second-order valence-electron chi connectivity index (χ2n) is 3.29. The summed E-state index contributed by atoms with van der Waals surface area (Å²) in [5.74, 6) is 0. The van der Waals surface area contributed by atoms with Gasteiger partial charge < -0.3 is 14.8 Å². The molecule has 0 spiro atoms. The van der Waals surface area contributed by atoms with E-state index in [1.807, 2.05) is 13.2 Å². The molecule has 0 aliphatic rings. The zero-order valence-corrected chi connectivity index (χ0v) is 9.40. The molecule has 0 bridgehead atoms. The largest absolute Gasteiger partial charge is 0.385 e. The van der Waals surface area contributed by atoms with Crippen LogP contribution in [0.1, 0.15) is 6.42 Å². The molecule has 5 heteroatoms. The molecule has 1 rings (SSSR count). The molecule has 0 radical (unpaired) electrons. The molecule has 1 aromatic rings. The first kappa shape index (κ1) is 12.0. The van der Waals surface area contributed by atoms with Crippen molar-refractivity contribution in [2.45, 2.75) is 6.42 Å². The summed E-state index contributed by atoms with van der Waals surface area (Å²) in [4.78, 5) is 0. The molecule has 0 aromatic carbocycles. The monoisotopic (exact) mass is 213 g/mol. The summed E-state index contributed by atoms with van der Waals surface area (Å²) in [7, 11) is 3.59. The number of hydrogen-bond donors (Lipinski definition) is 1. The van der Waals surface area contributed by atoms with E-state index in [2.05, 4.69) is 10.4 Å². The summed E-state index contributed by atoms with van der Waals surface area (Å²) in [5, 5.41) is 7.27. The number of nitrogens with one attached hydrogen (secondary N) is 1. The molecule has 0 atom stereocenters. The molecule has 1 N–H and O–H groups in total. The number of nitrogens with zero attached hydrogens (tertiary/aromatic N) is 2. The lowest BCUT2D eigenvalue weighted by molar-refractivity contribution is 0.109.